The largest absolute Gasteiger partial charge is 0.382 e. The van der Waals surface area contributed by atoms with E-state index < -0.39 is 0 Å². The lowest BCUT2D eigenvalue weighted by atomic mass is 10.0. The van der Waals surface area contributed by atoms with Crippen molar-refractivity contribution in [3.63, 3.8) is 0 Å². The first kappa shape index (κ1) is 72.8. The second-order valence-corrected chi connectivity index (χ2v) is 17.6. The fourth-order valence-electron chi connectivity index (χ4n) is 7.93. The minimum atomic E-state index is 0. The monoisotopic (exact) mass is 985 g/mol. The third-order valence-corrected chi connectivity index (χ3v) is 11.7. The summed E-state index contributed by atoms with van der Waals surface area (Å²) in [6.45, 7) is 17.8. The molecule has 0 heterocycles. The molecular formula is C51H112Cl4N4O4. The first-order chi connectivity index (χ1) is 29.3. The Morgan fingerprint density at radius 1 is 0.317 bits per heavy atom. The Bertz CT molecular complexity index is 757. The van der Waals surface area contributed by atoms with Gasteiger partial charge in [0.2, 0.25) is 0 Å². The van der Waals surface area contributed by atoms with Crippen LogP contribution in [0.1, 0.15) is 226 Å². The van der Waals surface area contributed by atoms with E-state index in [4.69, 9.17) is 18.9 Å². The Kier molecular flexibility index (Phi) is 77.6. The molecule has 0 spiro atoms. The van der Waals surface area contributed by atoms with Crippen LogP contribution in [0.15, 0.2) is 0 Å². The molecule has 0 aromatic carbocycles. The van der Waals surface area contributed by atoms with Gasteiger partial charge in [-0.05, 0) is 19.8 Å². The van der Waals surface area contributed by atoms with Gasteiger partial charge in [0.05, 0.1) is 25.4 Å². The molecule has 2 unspecified atom stereocenters. The second-order valence-electron chi connectivity index (χ2n) is 17.6. The van der Waals surface area contributed by atoms with E-state index in [1.807, 2.05) is 0 Å². The number of hydrogen-bond donors (Lipinski definition) is 4. The van der Waals surface area contributed by atoms with Crippen LogP contribution in [0.2, 0.25) is 0 Å². The normalized spacial score (nSPS) is 12.0. The third kappa shape index (κ3) is 62.8. The Morgan fingerprint density at radius 2 is 0.603 bits per heavy atom. The van der Waals surface area contributed by atoms with Crippen molar-refractivity contribution in [2.75, 3.05) is 92.5 Å². The maximum Gasteiger partial charge on any atom is 0.0932 e. The molecule has 0 radical (unpaired) electrons. The van der Waals surface area contributed by atoms with Crippen molar-refractivity contribution < 1.29 is 18.9 Å². The highest BCUT2D eigenvalue weighted by molar-refractivity contribution is 5.86. The van der Waals surface area contributed by atoms with Gasteiger partial charge in [0.1, 0.15) is 0 Å². The predicted molar refractivity (Wildman–Crippen MR) is 287 cm³/mol. The molecule has 2 atom stereocenters. The van der Waals surface area contributed by atoms with Crippen LogP contribution in [0.25, 0.3) is 0 Å². The van der Waals surface area contributed by atoms with E-state index >= 15 is 0 Å². The number of hydrogen-bond acceptors (Lipinski definition) is 8. The van der Waals surface area contributed by atoms with Gasteiger partial charge in [0.15, 0.2) is 0 Å². The van der Waals surface area contributed by atoms with E-state index in [2.05, 4.69) is 42.0 Å². The molecule has 388 valence electrons. The van der Waals surface area contributed by atoms with Crippen LogP contribution >= 0.6 is 49.6 Å². The van der Waals surface area contributed by atoms with E-state index in [-0.39, 0.29) is 61.8 Å². The van der Waals surface area contributed by atoms with Gasteiger partial charge in [-0.25, -0.2) is 0 Å². The Balaban J connectivity index is -0.00000280. The van der Waals surface area contributed by atoms with Gasteiger partial charge in [-0.1, -0.05) is 206 Å². The standard InChI is InChI=1S/C51H108N4O4.4ClH/c1-5-8-10-12-14-16-18-20-22-24-26-28-30-32-34-36-44-57-49-51(58-7-3)47-55-43-41-53-39-38-52-40-42-54-46-50(48-56-4)59-45-37-35-33-31-29-27-25-23-21-19-17-15-13-11-9-6-2;;;;/h50-55H,5-49H2,1-4H3;4*1H. The van der Waals surface area contributed by atoms with Gasteiger partial charge in [0.25, 0.3) is 0 Å². The first-order valence-corrected chi connectivity index (χ1v) is 26.4. The van der Waals surface area contributed by atoms with Crippen LogP contribution in [0.5, 0.6) is 0 Å². The van der Waals surface area contributed by atoms with Gasteiger partial charge in [0, 0.05) is 79.3 Å². The lowest BCUT2D eigenvalue weighted by Gasteiger charge is -2.18. The van der Waals surface area contributed by atoms with E-state index in [9.17, 15) is 0 Å². The van der Waals surface area contributed by atoms with E-state index in [1.165, 1.54) is 199 Å². The molecule has 0 aliphatic rings. The molecule has 0 fully saturated rings. The van der Waals surface area contributed by atoms with Crippen molar-refractivity contribution in [2.24, 2.45) is 0 Å². The van der Waals surface area contributed by atoms with Crippen LogP contribution in [0, 0.1) is 0 Å². The molecule has 0 aromatic heterocycles. The van der Waals surface area contributed by atoms with Crippen LogP contribution in [0.3, 0.4) is 0 Å². The average Bonchev–Trinajstić information content (AvgIpc) is 3.24. The molecule has 0 bridgehead atoms. The Hall–Kier alpha value is 0.840. The molecule has 63 heavy (non-hydrogen) atoms. The summed E-state index contributed by atoms with van der Waals surface area (Å²) >= 11 is 0. The highest BCUT2D eigenvalue weighted by atomic mass is 35.5. The minimum absolute atomic E-state index is 0. The van der Waals surface area contributed by atoms with Crippen LogP contribution in [0.4, 0.5) is 0 Å². The van der Waals surface area contributed by atoms with Gasteiger partial charge in [-0.2, -0.15) is 0 Å². The first-order valence-electron chi connectivity index (χ1n) is 26.4. The molecule has 0 rings (SSSR count). The van der Waals surface area contributed by atoms with Gasteiger partial charge in [-0.15, -0.1) is 49.6 Å². The fraction of sp³-hybridized carbons (Fsp3) is 1.00. The summed E-state index contributed by atoms with van der Waals surface area (Å²) in [5.41, 5.74) is 0. The summed E-state index contributed by atoms with van der Waals surface area (Å²) in [6.07, 6.45) is 45.0. The van der Waals surface area contributed by atoms with Crippen molar-refractivity contribution in [3.8, 4) is 0 Å². The Morgan fingerprint density at radius 3 is 0.921 bits per heavy atom. The number of methoxy groups -OCH3 is 1. The number of halogens is 4. The molecule has 12 heteroatoms. The van der Waals surface area contributed by atoms with Crippen molar-refractivity contribution in [1.29, 1.82) is 0 Å². The molecule has 0 aliphatic heterocycles. The molecule has 8 nitrogen and oxygen atoms in total. The van der Waals surface area contributed by atoms with Crippen LogP contribution in [-0.2, 0) is 18.9 Å². The lowest BCUT2D eigenvalue weighted by Crippen LogP contribution is -2.39. The third-order valence-electron chi connectivity index (χ3n) is 11.7. The van der Waals surface area contributed by atoms with Crippen LogP contribution < -0.4 is 21.3 Å². The molecule has 4 N–H and O–H groups in total. The molecule has 0 saturated heterocycles. The molecule has 0 amide bonds. The second kappa shape index (κ2) is 67.1. The van der Waals surface area contributed by atoms with E-state index in [0.29, 0.717) is 13.2 Å². The van der Waals surface area contributed by atoms with Crippen molar-refractivity contribution in [3.05, 3.63) is 0 Å². The zero-order chi connectivity index (χ0) is 42.6. The number of nitrogens with one attached hydrogen (secondary N) is 4. The quantitative estimate of drug-likeness (QED) is 0.0449. The highest BCUT2D eigenvalue weighted by Gasteiger charge is 2.09. The van der Waals surface area contributed by atoms with E-state index in [1.54, 1.807) is 7.11 Å². The van der Waals surface area contributed by atoms with Crippen molar-refractivity contribution in [1.82, 2.24) is 21.3 Å². The van der Waals surface area contributed by atoms with Gasteiger partial charge in [-0.3, -0.25) is 0 Å². The Labute approximate surface area is 418 Å². The lowest BCUT2D eigenvalue weighted by molar-refractivity contribution is -0.0113. The summed E-state index contributed by atoms with van der Waals surface area (Å²) in [6, 6.07) is 0. The maximum absolute atomic E-state index is 6.15. The van der Waals surface area contributed by atoms with Crippen molar-refractivity contribution >= 4 is 49.6 Å². The fourth-order valence-corrected chi connectivity index (χ4v) is 7.93. The maximum atomic E-state index is 6.15. The zero-order valence-electron chi connectivity index (χ0n) is 42.2. The van der Waals surface area contributed by atoms with Crippen LogP contribution in [-0.4, -0.2) is 105 Å². The van der Waals surface area contributed by atoms with E-state index in [0.717, 1.165) is 78.6 Å². The summed E-state index contributed by atoms with van der Waals surface area (Å²) in [4.78, 5) is 0. The zero-order valence-corrected chi connectivity index (χ0v) is 45.5. The number of ether oxygens (including phenoxy) is 4. The summed E-state index contributed by atoms with van der Waals surface area (Å²) < 4.78 is 23.5. The topological polar surface area (TPSA) is 85.0 Å². The number of rotatable bonds is 54. The predicted octanol–water partition coefficient (Wildman–Crippen LogP) is 14.0. The summed E-state index contributed by atoms with van der Waals surface area (Å²) in [7, 11) is 1.77. The van der Waals surface area contributed by atoms with Gasteiger partial charge < -0.3 is 40.2 Å². The molecule has 0 saturated carbocycles. The molecular weight excluding hydrogens is 874 g/mol. The average molecular weight is 987 g/mol. The highest BCUT2D eigenvalue weighted by Crippen LogP contribution is 2.15. The minimum Gasteiger partial charge on any atom is -0.382 e. The summed E-state index contributed by atoms with van der Waals surface area (Å²) in [5, 5.41) is 14.2. The van der Waals surface area contributed by atoms with Gasteiger partial charge >= 0.3 is 0 Å². The van der Waals surface area contributed by atoms with Crippen molar-refractivity contribution in [2.45, 2.75) is 238 Å². The number of unbranched alkanes of at least 4 members (excludes halogenated alkanes) is 30. The smallest absolute Gasteiger partial charge is 0.0932 e. The summed E-state index contributed by atoms with van der Waals surface area (Å²) in [5.74, 6) is 0. The molecule has 0 aromatic rings. The molecule has 0 aliphatic carbocycles. The SMILES string of the molecule is CCCCCCCCCCCCCCCCCCOCC(CNCCNCCNCCNCC(COC)OCCCCCCCCCCCCCCCCCC)OCC.Cl.Cl.Cl.Cl.